The normalized spacial score (nSPS) is 17.0. The average molecular weight is 362 g/mol. The predicted molar refractivity (Wildman–Crippen MR) is 100 cm³/mol. The third kappa shape index (κ3) is 5.73. The zero-order valence-electron chi connectivity index (χ0n) is 16.1. The van der Waals surface area contributed by atoms with Gasteiger partial charge in [-0.3, -0.25) is 9.59 Å². The van der Waals surface area contributed by atoms with Crippen LogP contribution >= 0.6 is 0 Å². The number of nitrogens with zero attached hydrogens (tertiary/aromatic N) is 2. The van der Waals surface area contributed by atoms with Crippen molar-refractivity contribution >= 4 is 11.8 Å². The molecule has 1 aromatic carbocycles. The summed E-state index contributed by atoms with van der Waals surface area (Å²) in [5.41, 5.74) is 1.23. The molecule has 1 aromatic rings. The van der Waals surface area contributed by atoms with Crippen molar-refractivity contribution in [2.45, 2.75) is 26.2 Å². The molecule has 6 nitrogen and oxygen atoms in total. The summed E-state index contributed by atoms with van der Waals surface area (Å²) in [6, 6.07) is 8.02. The van der Waals surface area contributed by atoms with Crippen molar-refractivity contribution in [3.63, 3.8) is 0 Å². The molecule has 6 heteroatoms. The van der Waals surface area contributed by atoms with Gasteiger partial charge in [-0.05, 0) is 37.0 Å². The van der Waals surface area contributed by atoms with Gasteiger partial charge in [0.25, 0.3) is 0 Å². The molecule has 1 aliphatic rings. The van der Waals surface area contributed by atoms with E-state index in [0.717, 1.165) is 25.0 Å². The van der Waals surface area contributed by atoms with E-state index in [2.05, 4.69) is 13.0 Å². The molecule has 1 atom stereocenters. The van der Waals surface area contributed by atoms with Gasteiger partial charge < -0.3 is 19.3 Å². The molecular weight excluding hydrogens is 332 g/mol. The van der Waals surface area contributed by atoms with Crippen molar-refractivity contribution < 1.29 is 19.1 Å². The van der Waals surface area contributed by atoms with Crippen LogP contribution in [-0.4, -0.2) is 68.6 Å². The molecule has 0 bridgehead atoms. The lowest BCUT2D eigenvalue weighted by Gasteiger charge is -2.33. The van der Waals surface area contributed by atoms with Crippen LogP contribution in [0.3, 0.4) is 0 Å². The van der Waals surface area contributed by atoms with Crippen molar-refractivity contribution in [2.75, 3.05) is 47.0 Å². The van der Waals surface area contributed by atoms with Gasteiger partial charge in [-0.1, -0.05) is 19.1 Å². The number of aryl methyl sites for hydroxylation is 1. The van der Waals surface area contributed by atoms with E-state index < -0.39 is 0 Å². The van der Waals surface area contributed by atoms with Crippen LogP contribution in [0.25, 0.3) is 0 Å². The number of carbonyl (C=O) groups is 2. The molecule has 2 amide bonds. The number of benzene rings is 1. The van der Waals surface area contributed by atoms with Crippen LogP contribution in [0.5, 0.6) is 5.75 Å². The fraction of sp³-hybridized carbons (Fsp3) is 0.600. The molecule has 0 unspecified atom stereocenters. The highest BCUT2D eigenvalue weighted by atomic mass is 16.5. The molecule has 0 N–H and O–H groups in total. The van der Waals surface area contributed by atoms with Gasteiger partial charge in [0.15, 0.2) is 0 Å². The zero-order chi connectivity index (χ0) is 18.9. The topological polar surface area (TPSA) is 59.1 Å². The Balaban J connectivity index is 1.80. The Kier molecular flexibility index (Phi) is 7.91. The third-order valence-electron chi connectivity index (χ3n) is 4.77. The predicted octanol–water partition coefficient (Wildman–Crippen LogP) is 1.97. The lowest BCUT2D eigenvalue weighted by molar-refractivity contribution is -0.142. The van der Waals surface area contributed by atoms with Crippen LogP contribution in [0, 0.1) is 5.92 Å². The van der Waals surface area contributed by atoms with Crippen molar-refractivity contribution in [1.82, 2.24) is 9.80 Å². The second-order valence-electron chi connectivity index (χ2n) is 6.72. The first-order valence-electron chi connectivity index (χ1n) is 9.28. The van der Waals surface area contributed by atoms with E-state index >= 15 is 0 Å². The average Bonchev–Trinajstić information content (AvgIpc) is 2.67. The van der Waals surface area contributed by atoms with Gasteiger partial charge in [-0.2, -0.15) is 0 Å². The zero-order valence-corrected chi connectivity index (χ0v) is 16.1. The van der Waals surface area contributed by atoms with E-state index in [9.17, 15) is 9.59 Å². The largest absolute Gasteiger partial charge is 0.492 e. The second-order valence-corrected chi connectivity index (χ2v) is 6.72. The molecule has 26 heavy (non-hydrogen) atoms. The lowest BCUT2D eigenvalue weighted by atomic mass is 9.96. The summed E-state index contributed by atoms with van der Waals surface area (Å²) in [4.78, 5) is 28.1. The number of carbonyl (C=O) groups excluding carboxylic acids is 2. The number of ether oxygens (including phenoxy) is 2. The van der Waals surface area contributed by atoms with Gasteiger partial charge in [0.05, 0.1) is 12.5 Å². The minimum atomic E-state index is -0.141. The number of likely N-dealkylation sites (N-methyl/N-ethyl adjacent to an activating group) is 1. The summed E-state index contributed by atoms with van der Waals surface area (Å²) in [7, 11) is 3.30. The maximum Gasteiger partial charge on any atom is 0.248 e. The van der Waals surface area contributed by atoms with E-state index in [1.54, 1.807) is 16.8 Å². The van der Waals surface area contributed by atoms with E-state index in [-0.39, 0.29) is 24.3 Å². The van der Waals surface area contributed by atoms with Crippen LogP contribution in [0.1, 0.15) is 25.3 Å². The molecule has 1 saturated heterocycles. The van der Waals surface area contributed by atoms with Crippen molar-refractivity contribution in [1.29, 1.82) is 0 Å². The fourth-order valence-corrected chi connectivity index (χ4v) is 3.20. The van der Waals surface area contributed by atoms with Crippen LogP contribution in [0.15, 0.2) is 24.3 Å². The summed E-state index contributed by atoms with van der Waals surface area (Å²) in [5.74, 6) is 0.717. The van der Waals surface area contributed by atoms with Crippen molar-refractivity contribution in [3.8, 4) is 5.75 Å². The first-order valence-corrected chi connectivity index (χ1v) is 9.28. The Labute approximate surface area is 156 Å². The van der Waals surface area contributed by atoms with Gasteiger partial charge in [0.2, 0.25) is 11.8 Å². The number of amides is 2. The third-order valence-corrected chi connectivity index (χ3v) is 4.77. The Morgan fingerprint density at radius 2 is 2.15 bits per heavy atom. The number of hydrogen-bond acceptors (Lipinski definition) is 4. The smallest absolute Gasteiger partial charge is 0.248 e. The lowest BCUT2D eigenvalue weighted by Crippen LogP contribution is -2.47. The summed E-state index contributed by atoms with van der Waals surface area (Å²) in [5, 5.41) is 0. The summed E-state index contributed by atoms with van der Waals surface area (Å²) >= 11 is 0. The molecule has 144 valence electrons. The molecule has 2 rings (SSSR count). The number of likely N-dealkylation sites (tertiary alicyclic amines) is 1. The van der Waals surface area contributed by atoms with Crippen molar-refractivity contribution in [3.05, 3.63) is 29.8 Å². The highest BCUT2D eigenvalue weighted by Crippen LogP contribution is 2.19. The fourth-order valence-electron chi connectivity index (χ4n) is 3.20. The monoisotopic (exact) mass is 362 g/mol. The van der Waals surface area contributed by atoms with E-state index in [0.29, 0.717) is 26.2 Å². The molecule has 1 heterocycles. The molecule has 0 spiro atoms. The molecule has 0 aliphatic carbocycles. The number of methoxy groups -OCH3 is 1. The van der Waals surface area contributed by atoms with E-state index in [4.69, 9.17) is 9.47 Å². The first kappa shape index (κ1) is 20.2. The molecule has 0 radical (unpaired) electrons. The highest BCUT2D eigenvalue weighted by Gasteiger charge is 2.29. The first-order chi connectivity index (χ1) is 12.5. The Morgan fingerprint density at radius 1 is 1.35 bits per heavy atom. The minimum absolute atomic E-state index is 0.0493. The van der Waals surface area contributed by atoms with Gasteiger partial charge in [0, 0.05) is 27.2 Å². The van der Waals surface area contributed by atoms with Crippen LogP contribution in [0.4, 0.5) is 0 Å². The summed E-state index contributed by atoms with van der Waals surface area (Å²) in [6.45, 7) is 4.33. The standard InChI is InChI=1S/C20H30N2O4/c1-4-16-7-5-9-18(13-16)26-12-11-21(2)20(24)17-8-6-10-22(14-17)19(23)15-25-3/h5,7,9,13,17H,4,6,8,10-12,14-15H2,1-3H3/t17-/m1/s1. The van der Waals surface area contributed by atoms with Gasteiger partial charge in [-0.15, -0.1) is 0 Å². The number of rotatable bonds is 8. The summed E-state index contributed by atoms with van der Waals surface area (Å²) in [6.07, 6.45) is 2.63. The second kappa shape index (κ2) is 10.2. The highest BCUT2D eigenvalue weighted by molar-refractivity contribution is 5.81. The number of hydrogen-bond donors (Lipinski definition) is 0. The maximum atomic E-state index is 12.7. The van der Waals surface area contributed by atoms with Gasteiger partial charge >= 0.3 is 0 Å². The van der Waals surface area contributed by atoms with Crippen LogP contribution in [-0.2, 0) is 20.7 Å². The molecular formula is C20H30N2O4. The van der Waals surface area contributed by atoms with Gasteiger partial charge in [0.1, 0.15) is 19.0 Å². The van der Waals surface area contributed by atoms with E-state index in [1.165, 1.54) is 12.7 Å². The van der Waals surface area contributed by atoms with Gasteiger partial charge in [-0.25, -0.2) is 0 Å². The molecule has 0 saturated carbocycles. The molecule has 0 aromatic heterocycles. The SMILES string of the molecule is CCc1cccc(OCCN(C)C(=O)[C@@H]2CCCN(C(=O)COC)C2)c1. The summed E-state index contributed by atoms with van der Waals surface area (Å²) < 4.78 is 10.7. The van der Waals surface area contributed by atoms with Crippen molar-refractivity contribution in [2.24, 2.45) is 5.92 Å². The van der Waals surface area contributed by atoms with E-state index in [1.807, 2.05) is 18.2 Å². The molecule has 1 fully saturated rings. The Bertz CT molecular complexity index is 605. The molecule has 1 aliphatic heterocycles. The Hall–Kier alpha value is -2.08. The Morgan fingerprint density at radius 3 is 2.88 bits per heavy atom. The minimum Gasteiger partial charge on any atom is -0.492 e. The van der Waals surface area contributed by atoms with Crippen LogP contribution < -0.4 is 4.74 Å². The van der Waals surface area contributed by atoms with Crippen LogP contribution in [0.2, 0.25) is 0 Å². The quantitative estimate of drug-likeness (QED) is 0.709. The number of piperidine rings is 1. The maximum absolute atomic E-state index is 12.7.